The fourth-order valence-electron chi connectivity index (χ4n) is 1.82. The van der Waals surface area contributed by atoms with Crippen molar-refractivity contribution in [2.45, 2.75) is 0 Å². The predicted octanol–water partition coefficient (Wildman–Crippen LogP) is 5.31. The lowest BCUT2D eigenvalue weighted by molar-refractivity contribution is 0.875. The average molecular weight is 431 g/mol. The second kappa shape index (κ2) is 4.79. The number of halogens is 3. The van der Waals surface area contributed by atoms with Crippen LogP contribution in [0.4, 0.5) is 0 Å². The van der Waals surface area contributed by atoms with Gasteiger partial charge in [-0.05, 0) is 56.1 Å². The Labute approximate surface area is 129 Å². The van der Waals surface area contributed by atoms with Crippen molar-refractivity contribution in [2.24, 2.45) is 0 Å². The molecular weight excluding hydrogens is 424 g/mol. The Kier molecular flexibility index (Phi) is 3.30. The van der Waals surface area contributed by atoms with Gasteiger partial charge in [0.2, 0.25) is 0 Å². The van der Waals surface area contributed by atoms with Gasteiger partial charge < -0.3 is 0 Å². The maximum atomic E-state index is 4.63. The fourth-order valence-corrected chi connectivity index (χ4v) is 3.71. The summed E-state index contributed by atoms with van der Waals surface area (Å²) in [6.07, 6.45) is 0. The van der Waals surface area contributed by atoms with Crippen LogP contribution >= 0.6 is 47.8 Å². The summed E-state index contributed by atoms with van der Waals surface area (Å²) in [5.41, 5.74) is 1.97. The maximum Gasteiger partial charge on any atom is 0.117 e. The topological polar surface area (TPSA) is 17.8 Å². The zero-order chi connectivity index (χ0) is 12.7. The van der Waals surface area contributed by atoms with E-state index in [1.807, 2.05) is 41.1 Å². The van der Waals surface area contributed by atoms with Gasteiger partial charge in [-0.25, -0.2) is 4.68 Å². The van der Waals surface area contributed by atoms with Gasteiger partial charge in [0.1, 0.15) is 10.1 Å². The van der Waals surface area contributed by atoms with Crippen LogP contribution in [0.15, 0.2) is 56.0 Å². The number of para-hydroxylation sites is 1. The highest BCUT2D eigenvalue weighted by Gasteiger charge is 2.13. The Morgan fingerprint density at radius 3 is 2.39 bits per heavy atom. The van der Waals surface area contributed by atoms with Crippen LogP contribution in [0, 0.1) is 0 Å². The van der Waals surface area contributed by atoms with E-state index in [4.69, 9.17) is 0 Å². The minimum atomic E-state index is 0.939. The number of hydrogen-bond acceptors (Lipinski definition) is 1. The molecule has 5 heteroatoms. The van der Waals surface area contributed by atoms with Crippen molar-refractivity contribution in [3.63, 3.8) is 0 Å². The summed E-state index contributed by atoms with van der Waals surface area (Å²) in [4.78, 5) is 0. The molecule has 0 atom stereocenters. The van der Waals surface area contributed by atoms with Gasteiger partial charge in [0.05, 0.1) is 5.69 Å². The monoisotopic (exact) mass is 428 g/mol. The lowest BCUT2D eigenvalue weighted by Gasteiger charge is -2.01. The van der Waals surface area contributed by atoms with E-state index in [1.165, 1.54) is 0 Å². The zero-order valence-electron chi connectivity index (χ0n) is 9.07. The fraction of sp³-hybridized carbons (Fsp3) is 0. The van der Waals surface area contributed by atoms with E-state index >= 15 is 0 Å². The molecule has 0 aliphatic carbocycles. The number of nitrogens with zero attached hydrogens (tertiary/aromatic N) is 2. The first-order valence-corrected chi connectivity index (χ1v) is 7.63. The van der Waals surface area contributed by atoms with E-state index in [9.17, 15) is 0 Å². The van der Waals surface area contributed by atoms with Crippen molar-refractivity contribution in [3.05, 3.63) is 56.0 Å². The third-order valence-corrected chi connectivity index (χ3v) is 4.46. The van der Waals surface area contributed by atoms with Gasteiger partial charge in [0.25, 0.3) is 0 Å². The number of fused-ring (bicyclic) bond motifs is 1. The molecule has 0 aliphatic heterocycles. The molecule has 0 aliphatic rings. The number of hydrogen-bond donors (Lipinski definition) is 0. The quantitative estimate of drug-likeness (QED) is 0.511. The Morgan fingerprint density at radius 2 is 1.67 bits per heavy atom. The van der Waals surface area contributed by atoms with Crippen LogP contribution in [0.2, 0.25) is 0 Å². The highest BCUT2D eigenvalue weighted by Crippen LogP contribution is 2.33. The molecule has 1 heterocycles. The molecular formula is C13H7Br3N2. The summed E-state index contributed by atoms with van der Waals surface area (Å²) in [7, 11) is 0. The van der Waals surface area contributed by atoms with Crippen LogP contribution in [0.5, 0.6) is 0 Å². The molecule has 0 unspecified atom stereocenters. The van der Waals surface area contributed by atoms with Crippen LogP contribution < -0.4 is 0 Å². The molecule has 3 aromatic rings. The van der Waals surface area contributed by atoms with Gasteiger partial charge in [-0.2, -0.15) is 5.10 Å². The first kappa shape index (κ1) is 12.4. The molecule has 90 valence electrons. The lowest BCUT2D eigenvalue weighted by atomic mass is 10.3. The third-order valence-electron chi connectivity index (χ3n) is 2.64. The third kappa shape index (κ3) is 2.04. The van der Waals surface area contributed by atoms with Gasteiger partial charge in [-0.3, -0.25) is 0 Å². The normalized spacial score (nSPS) is 11.1. The summed E-state index contributed by atoms with van der Waals surface area (Å²) >= 11 is 10.7. The number of rotatable bonds is 1. The smallest absolute Gasteiger partial charge is 0.117 e. The molecule has 2 aromatic carbocycles. The second-order valence-electron chi connectivity index (χ2n) is 3.82. The van der Waals surface area contributed by atoms with Crippen LogP contribution in [0.25, 0.3) is 16.6 Å². The molecule has 3 rings (SSSR count). The minimum Gasteiger partial charge on any atom is -0.225 e. The largest absolute Gasteiger partial charge is 0.225 e. The van der Waals surface area contributed by atoms with Crippen molar-refractivity contribution >= 4 is 58.7 Å². The molecule has 0 amide bonds. The van der Waals surface area contributed by atoms with Crippen LogP contribution in [-0.4, -0.2) is 9.78 Å². The molecule has 0 spiro atoms. The van der Waals surface area contributed by atoms with E-state index < -0.39 is 0 Å². The molecule has 0 N–H and O–H groups in total. The maximum absolute atomic E-state index is 4.63. The highest BCUT2D eigenvalue weighted by atomic mass is 79.9. The molecule has 0 fully saturated rings. The average Bonchev–Trinajstić information content (AvgIpc) is 2.69. The van der Waals surface area contributed by atoms with E-state index in [0.29, 0.717) is 0 Å². The van der Waals surface area contributed by atoms with Crippen molar-refractivity contribution < 1.29 is 0 Å². The Hall–Kier alpha value is -0.650. The molecule has 0 saturated heterocycles. The molecule has 2 nitrogen and oxygen atoms in total. The SMILES string of the molecule is Brc1cc(Br)c2nn(-c3ccccc3)c(Br)c2c1. The minimum absolute atomic E-state index is 0.939. The number of aromatic nitrogens is 2. The number of benzene rings is 2. The van der Waals surface area contributed by atoms with Gasteiger partial charge in [0.15, 0.2) is 0 Å². The second-order valence-corrected chi connectivity index (χ2v) is 6.34. The van der Waals surface area contributed by atoms with Crippen molar-refractivity contribution in [1.82, 2.24) is 9.78 Å². The van der Waals surface area contributed by atoms with E-state index in [-0.39, 0.29) is 0 Å². The predicted molar refractivity (Wildman–Crippen MR) is 84.2 cm³/mol. The zero-order valence-corrected chi connectivity index (χ0v) is 13.8. The molecule has 1 aromatic heterocycles. The summed E-state index contributed by atoms with van der Waals surface area (Å²) in [6.45, 7) is 0. The van der Waals surface area contributed by atoms with Crippen LogP contribution in [0.1, 0.15) is 0 Å². The highest BCUT2D eigenvalue weighted by molar-refractivity contribution is 9.11. The molecule has 0 saturated carbocycles. The summed E-state index contributed by atoms with van der Waals surface area (Å²) in [6, 6.07) is 14.1. The van der Waals surface area contributed by atoms with Gasteiger partial charge in [-0.15, -0.1) is 0 Å². The van der Waals surface area contributed by atoms with Crippen molar-refractivity contribution in [3.8, 4) is 5.69 Å². The summed E-state index contributed by atoms with van der Waals surface area (Å²) < 4.78 is 4.84. The van der Waals surface area contributed by atoms with Crippen molar-refractivity contribution in [2.75, 3.05) is 0 Å². The van der Waals surface area contributed by atoms with Crippen LogP contribution in [0.3, 0.4) is 0 Å². The molecule has 0 bridgehead atoms. The standard InChI is InChI=1S/C13H7Br3N2/c14-8-6-10-12(11(15)7-8)17-18(13(10)16)9-4-2-1-3-5-9/h1-7H. The van der Waals surface area contributed by atoms with Gasteiger partial charge in [0, 0.05) is 14.3 Å². The van der Waals surface area contributed by atoms with Gasteiger partial charge in [-0.1, -0.05) is 34.1 Å². The Bertz CT molecular complexity index is 720. The summed E-state index contributed by atoms with van der Waals surface area (Å²) in [5.74, 6) is 0. The van der Waals surface area contributed by atoms with E-state index in [0.717, 1.165) is 30.1 Å². The van der Waals surface area contributed by atoms with Crippen LogP contribution in [-0.2, 0) is 0 Å². The van der Waals surface area contributed by atoms with Crippen molar-refractivity contribution in [1.29, 1.82) is 0 Å². The molecule has 0 radical (unpaired) electrons. The Morgan fingerprint density at radius 1 is 0.944 bits per heavy atom. The van der Waals surface area contributed by atoms with E-state index in [2.05, 4.69) is 59.0 Å². The summed E-state index contributed by atoms with van der Waals surface area (Å²) in [5, 5.41) is 5.69. The molecule has 18 heavy (non-hydrogen) atoms. The van der Waals surface area contributed by atoms with Gasteiger partial charge >= 0.3 is 0 Å². The Balaban J connectivity index is 2.33. The first-order valence-electron chi connectivity index (χ1n) is 5.25. The lowest BCUT2D eigenvalue weighted by Crippen LogP contribution is -1.95. The van der Waals surface area contributed by atoms with E-state index in [1.54, 1.807) is 0 Å². The first-order chi connectivity index (χ1) is 8.66.